The normalized spacial score (nSPS) is 14.1. The van der Waals surface area contributed by atoms with Gasteiger partial charge in [-0.2, -0.15) is 0 Å². The van der Waals surface area contributed by atoms with Crippen LogP contribution in [0.1, 0.15) is 62.4 Å². The average Bonchev–Trinajstić information content (AvgIpc) is 2.92. The van der Waals surface area contributed by atoms with Crippen LogP contribution in [0.5, 0.6) is 0 Å². The lowest BCUT2D eigenvalue weighted by Gasteiger charge is -2.19. The molecule has 0 radical (unpaired) electrons. The van der Waals surface area contributed by atoms with Crippen molar-refractivity contribution in [3.63, 3.8) is 0 Å². The van der Waals surface area contributed by atoms with Gasteiger partial charge in [-0.25, -0.2) is 0 Å². The molecule has 0 amide bonds. The second-order valence-electron chi connectivity index (χ2n) is 8.16. The summed E-state index contributed by atoms with van der Waals surface area (Å²) in [4.78, 5) is 0. The molecule has 23 heavy (non-hydrogen) atoms. The Morgan fingerprint density at radius 2 is 1.65 bits per heavy atom. The maximum atomic E-state index is 2.43. The van der Waals surface area contributed by atoms with Gasteiger partial charge in [0.05, 0.1) is 0 Å². The minimum atomic E-state index is 0.224. The van der Waals surface area contributed by atoms with Gasteiger partial charge < -0.3 is 0 Å². The van der Waals surface area contributed by atoms with Crippen LogP contribution in [0.4, 0.5) is 0 Å². The third-order valence-corrected chi connectivity index (χ3v) is 4.97. The molecule has 0 aromatic heterocycles. The molecule has 0 heterocycles. The summed E-state index contributed by atoms with van der Waals surface area (Å²) in [6, 6.07) is 15.9. The lowest BCUT2D eigenvalue weighted by Crippen LogP contribution is -2.10. The van der Waals surface area contributed by atoms with Crippen molar-refractivity contribution in [2.75, 3.05) is 0 Å². The van der Waals surface area contributed by atoms with Gasteiger partial charge in [0, 0.05) is 0 Å². The highest BCUT2D eigenvalue weighted by Gasteiger charge is 2.18. The van der Waals surface area contributed by atoms with Crippen molar-refractivity contribution >= 4 is 6.08 Å². The van der Waals surface area contributed by atoms with Crippen LogP contribution < -0.4 is 0 Å². The van der Waals surface area contributed by atoms with Gasteiger partial charge >= 0.3 is 0 Å². The molecule has 0 nitrogen and oxygen atoms in total. The molecule has 0 saturated heterocycles. The second kappa shape index (κ2) is 6.00. The van der Waals surface area contributed by atoms with Crippen molar-refractivity contribution in [2.24, 2.45) is 5.92 Å². The molecule has 0 N–H and O–H groups in total. The third-order valence-electron chi connectivity index (χ3n) is 4.97. The van der Waals surface area contributed by atoms with E-state index in [-0.39, 0.29) is 5.41 Å². The van der Waals surface area contributed by atoms with Gasteiger partial charge in [0.25, 0.3) is 0 Å². The summed E-state index contributed by atoms with van der Waals surface area (Å²) in [5, 5.41) is 0. The van der Waals surface area contributed by atoms with Gasteiger partial charge in [-0.1, -0.05) is 88.7 Å². The summed E-state index contributed by atoms with van der Waals surface area (Å²) in [5.74, 6) is 0.640. The van der Waals surface area contributed by atoms with E-state index in [4.69, 9.17) is 0 Å². The van der Waals surface area contributed by atoms with Crippen LogP contribution >= 0.6 is 0 Å². The first-order valence-corrected chi connectivity index (χ1v) is 8.75. The van der Waals surface area contributed by atoms with Gasteiger partial charge in [-0.3, -0.25) is 0 Å². The largest absolute Gasteiger partial charge is 0.0626 e. The Balaban J connectivity index is 1.86. The van der Waals surface area contributed by atoms with E-state index >= 15 is 0 Å². The summed E-state index contributed by atoms with van der Waals surface area (Å²) in [7, 11) is 0. The highest BCUT2D eigenvalue weighted by molar-refractivity contribution is 5.67. The minimum Gasteiger partial charge on any atom is -0.0626 e. The van der Waals surface area contributed by atoms with E-state index in [9.17, 15) is 0 Å². The Kier molecular flexibility index (Phi) is 4.19. The summed E-state index contributed by atoms with van der Waals surface area (Å²) in [6.45, 7) is 11.4. The molecule has 0 atom stereocenters. The fourth-order valence-electron chi connectivity index (χ4n) is 3.33. The number of benzene rings is 2. The van der Waals surface area contributed by atoms with E-state index in [1.807, 2.05) is 0 Å². The highest BCUT2D eigenvalue weighted by Crippen LogP contribution is 2.32. The number of hydrogen-bond donors (Lipinski definition) is 0. The van der Waals surface area contributed by atoms with Crippen LogP contribution in [-0.2, 0) is 18.3 Å². The number of hydrogen-bond acceptors (Lipinski definition) is 0. The first-order chi connectivity index (χ1) is 10.8. The number of fused-ring (bicyclic) bond motifs is 1. The first-order valence-electron chi connectivity index (χ1n) is 8.75. The SMILES string of the molecule is CC(C)C1=Cc2c(cccc2Cc2ccc(C(C)(C)C)cc2)C1. The van der Waals surface area contributed by atoms with E-state index < -0.39 is 0 Å². The summed E-state index contributed by atoms with van der Waals surface area (Å²) in [5.41, 5.74) is 9.02. The van der Waals surface area contributed by atoms with Crippen molar-refractivity contribution in [1.82, 2.24) is 0 Å². The van der Waals surface area contributed by atoms with E-state index in [0.717, 1.165) is 12.8 Å². The van der Waals surface area contributed by atoms with Gasteiger partial charge in [0.15, 0.2) is 0 Å². The highest BCUT2D eigenvalue weighted by atomic mass is 14.2. The van der Waals surface area contributed by atoms with Crippen LogP contribution in [-0.4, -0.2) is 0 Å². The Bertz CT molecular complexity index is 722. The van der Waals surface area contributed by atoms with Gasteiger partial charge in [-0.05, 0) is 52.0 Å². The Labute approximate surface area is 141 Å². The maximum Gasteiger partial charge on any atom is -0.00197 e. The molecule has 0 fully saturated rings. The fourth-order valence-corrected chi connectivity index (χ4v) is 3.33. The monoisotopic (exact) mass is 304 g/mol. The molecule has 1 aliphatic rings. The molecule has 0 unspecified atom stereocenters. The zero-order valence-corrected chi connectivity index (χ0v) is 15.1. The van der Waals surface area contributed by atoms with Crippen LogP contribution in [0, 0.1) is 5.92 Å². The van der Waals surface area contributed by atoms with Crippen LogP contribution in [0.25, 0.3) is 6.08 Å². The molecular formula is C23H28. The summed E-state index contributed by atoms with van der Waals surface area (Å²) in [6.07, 6.45) is 4.58. The van der Waals surface area contributed by atoms with E-state index in [2.05, 4.69) is 83.2 Å². The smallest absolute Gasteiger partial charge is 0.00197 e. The van der Waals surface area contributed by atoms with Crippen molar-refractivity contribution < 1.29 is 0 Å². The zero-order valence-electron chi connectivity index (χ0n) is 15.1. The van der Waals surface area contributed by atoms with Crippen LogP contribution in [0.3, 0.4) is 0 Å². The molecule has 0 heteroatoms. The maximum absolute atomic E-state index is 2.43. The molecule has 120 valence electrons. The lowest BCUT2D eigenvalue weighted by atomic mass is 9.86. The number of rotatable bonds is 3. The van der Waals surface area contributed by atoms with Crippen molar-refractivity contribution in [3.8, 4) is 0 Å². The molecule has 0 bridgehead atoms. The van der Waals surface area contributed by atoms with Crippen molar-refractivity contribution in [1.29, 1.82) is 0 Å². The lowest BCUT2D eigenvalue weighted by molar-refractivity contribution is 0.590. The molecule has 2 aromatic carbocycles. The predicted molar refractivity (Wildman–Crippen MR) is 101 cm³/mol. The van der Waals surface area contributed by atoms with E-state index in [1.54, 1.807) is 5.57 Å². The van der Waals surface area contributed by atoms with Crippen LogP contribution in [0.15, 0.2) is 48.0 Å². The third kappa shape index (κ3) is 3.42. The molecule has 3 rings (SSSR count). The van der Waals surface area contributed by atoms with Crippen LogP contribution in [0.2, 0.25) is 0 Å². The second-order valence-corrected chi connectivity index (χ2v) is 8.16. The van der Waals surface area contributed by atoms with Gasteiger partial charge in [0.1, 0.15) is 0 Å². The van der Waals surface area contributed by atoms with E-state index in [0.29, 0.717) is 5.92 Å². The number of allylic oxidation sites excluding steroid dienone is 1. The topological polar surface area (TPSA) is 0 Å². The Hall–Kier alpha value is -1.82. The first kappa shape index (κ1) is 16.1. The Morgan fingerprint density at radius 3 is 2.26 bits per heavy atom. The van der Waals surface area contributed by atoms with Crippen molar-refractivity contribution in [2.45, 2.75) is 52.9 Å². The molecule has 0 aliphatic heterocycles. The average molecular weight is 304 g/mol. The Morgan fingerprint density at radius 1 is 0.957 bits per heavy atom. The predicted octanol–water partition coefficient (Wildman–Crippen LogP) is 6.17. The molecule has 1 aliphatic carbocycles. The van der Waals surface area contributed by atoms with Gasteiger partial charge in [-0.15, -0.1) is 0 Å². The minimum absolute atomic E-state index is 0.224. The molecule has 0 saturated carbocycles. The molecular weight excluding hydrogens is 276 g/mol. The quantitative estimate of drug-likeness (QED) is 0.636. The zero-order chi connectivity index (χ0) is 16.6. The summed E-state index contributed by atoms with van der Waals surface area (Å²) < 4.78 is 0. The standard InChI is InChI=1S/C23H28/c1-16(2)20-14-19-8-6-7-18(22(19)15-20)13-17-9-11-21(12-10-17)23(3,4)5/h6-12,15-16H,13-14H2,1-5H3. The summed E-state index contributed by atoms with van der Waals surface area (Å²) >= 11 is 0. The van der Waals surface area contributed by atoms with Crippen molar-refractivity contribution in [3.05, 3.63) is 75.9 Å². The van der Waals surface area contributed by atoms with Gasteiger partial charge in [0.2, 0.25) is 0 Å². The molecule has 0 spiro atoms. The molecule has 2 aromatic rings. The fraction of sp³-hybridized carbons (Fsp3) is 0.391. The van der Waals surface area contributed by atoms with E-state index in [1.165, 1.54) is 27.8 Å².